The molecule has 0 aliphatic carbocycles. The van der Waals surface area contributed by atoms with Gasteiger partial charge in [0, 0.05) is 28.9 Å². The zero-order valence-corrected chi connectivity index (χ0v) is 22.4. The van der Waals surface area contributed by atoms with Crippen molar-refractivity contribution in [1.29, 1.82) is 0 Å². The second-order valence-electron chi connectivity index (χ2n) is 9.14. The molecule has 1 atom stereocenters. The first-order valence-corrected chi connectivity index (χ1v) is 12.8. The van der Waals surface area contributed by atoms with E-state index in [4.69, 9.17) is 4.84 Å². The van der Waals surface area contributed by atoms with Crippen molar-refractivity contribution < 1.29 is 19.2 Å². The van der Waals surface area contributed by atoms with E-state index in [0.717, 1.165) is 16.7 Å². The van der Waals surface area contributed by atoms with E-state index in [-0.39, 0.29) is 24.3 Å². The maximum Gasteiger partial charge on any atom is 0.266 e. The SMILES string of the molecule is CCONC(=O)C(NC(=O)c1ccc(C#Cc2ccc(NC(=O)CNCc3ccccc3)cc2)cc1)C(C)C. The summed E-state index contributed by atoms with van der Waals surface area (Å²) < 4.78 is 0. The second kappa shape index (κ2) is 15.1. The average molecular weight is 527 g/mol. The number of hydrogen-bond donors (Lipinski definition) is 4. The first kappa shape index (κ1) is 29.1. The molecule has 8 nitrogen and oxygen atoms in total. The molecule has 1 unspecified atom stereocenters. The van der Waals surface area contributed by atoms with Crippen molar-refractivity contribution >= 4 is 23.4 Å². The van der Waals surface area contributed by atoms with Crippen LogP contribution in [0.4, 0.5) is 5.69 Å². The fraction of sp³-hybridized carbons (Fsp3) is 0.258. The van der Waals surface area contributed by atoms with Crippen LogP contribution in [0.1, 0.15) is 47.8 Å². The van der Waals surface area contributed by atoms with Gasteiger partial charge in [0.15, 0.2) is 0 Å². The Kier molecular flexibility index (Phi) is 11.3. The maximum atomic E-state index is 12.7. The van der Waals surface area contributed by atoms with Crippen molar-refractivity contribution in [2.45, 2.75) is 33.4 Å². The number of carbonyl (C=O) groups is 3. The second-order valence-corrected chi connectivity index (χ2v) is 9.14. The van der Waals surface area contributed by atoms with Gasteiger partial charge in [-0.1, -0.05) is 56.0 Å². The van der Waals surface area contributed by atoms with Crippen molar-refractivity contribution in [3.63, 3.8) is 0 Å². The molecule has 4 N–H and O–H groups in total. The lowest BCUT2D eigenvalue weighted by atomic mass is 10.0. The summed E-state index contributed by atoms with van der Waals surface area (Å²) in [6.45, 7) is 6.62. The fourth-order valence-electron chi connectivity index (χ4n) is 3.57. The van der Waals surface area contributed by atoms with E-state index in [2.05, 4.69) is 33.3 Å². The Labute approximate surface area is 229 Å². The van der Waals surface area contributed by atoms with Crippen LogP contribution in [0.3, 0.4) is 0 Å². The molecule has 3 amide bonds. The molecule has 0 aliphatic heterocycles. The summed E-state index contributed by atoms with van der Waals surface area (Å²) in [6, 6.07) is 23.3. The van der Waals surface area contributed by atoms with Crippen LogP contribution in [0.5, 0.6) is 0 Å². The molecule has 3 rings (SSSR count). The Morgan fingerprint density at radius 1 is 0.846 bits per heavy atom. The number of hydroxylamine groups is 1. The first-order valence-electron chi connectivity index (χ1n) is 12.8. The van der Waals surface area contributed by atoms with Gasteiger partial charge in [-0.3, -0.25) is 19.2 Å². The summed E-state index contributed by atoms with van der Waals surface area (Å²) >= 11 is 0. The summed E-state index contributed by atoms with van der Waals surface area (Å²) in [5.41, 5.74) is 6.11. The van der Waals surface area contributed by atoms with Crippen LogP contribution in [0.15, 0.2) is 78.9 Å². The highest BCUT2D eigenvalue weighted by Crippen LogP contribution is 2.10. The third kappa shape index (κ3) is 9.74. The van der Waals surface area contributed by atoms with Gasteiger partial charge in [-0.15, -0.1) is 0 Å². The van der Waals surface area contributed by atoms with Crippen LogP contribution < -0.4 is 21.4 Å². The van der Waals surface area contributed by atoms with Crippen LogP contribution in [0.25, 0.3) is 0 Å². The predicted molar refractivity (Wildman–Crippen MR) is 152 cm³/mol. The highest BCUT2D eigenvalue weighted by Gasteiger charge is 2.24. The lowest BCUT2D eigenvalue weighted by Gasteiger charge is -2.21. The Morgan fingerprint density at radius 2 is 1.46 bits per heavy atom. The van der Waals surface area contributed by atoms with Crippen molar-refractivity contribution in [3.8, 4) is 11.8 Å². The number of benzene rings is 3. The van der Waals surface area contributed by atoms with Crippen LogP contribution in [0.2, 0.25) is 0 Å². The molecule has 0 bridgehead atoms. The van der Waals surface area contributed by atoms with Gasteiger partial charge in [0.2, 0.25) is 5.91 Å². The van der Waals surface area contributed by atoms with Gasteiger partial charge in [0.1, 0.15) is 6.04 Å². The summed E-state index contributed by atoms with van der Waals surface area (Å²) in [4.78, 5) is 42.1. The van der Waals surface area contributed by atoms with E-state index < -0.39 is 11.9 Å². The molecule has 0 heterocycles. The maximum absolute atomic E-state index is 12.7. The standard InChI is InChI=1S/C31H34N4O4/c1-4-39-35-31(38)29(22(2)3)34-30(37)26-16-12-23(13-17-26)10-11-24-14-18-27(19-15-24)33-28(36)21-32-20-25-8-6-5-7-9-25/h5-9,12-19,22,29,32H,4,20-21H2,1-3H3,(H,33,36)(H,34,37)(H,35,38). The normalized spacial score (nSPS) is 11.2. The van der Waals surface area contributed by atoms with E-state index in [1.807, 2.05) is 56.3 Å². The van der Waals surface area contributed by atoms with Crippen molar-refractivity contribution in [3.05, 3.63) is 101 Å². The highest BCUT2D eigenvalue weighted by molar-refractivity contribution is 5.97. The summed E-state index contributed by atoms with van der Waals surface area (Å²) in [5.74, 6) is 5.17. The topological polar surface area (TPSA) is 109 Å². The molecule has 8 heteroatoms. The molecule has 0 radical (unpaired) electrons. The minimum Gasteiger partial charge on any atom is -0.340 e. The predicted octanol–water partition coefficient (Wildman–Crippen LogP) is 3.64. The molecule has 0 fully saturated rings. The number of amides is 3. The molecular weight excluding hydrogens is 492 g/mol. The zero-order valence-electron chi connectivity index (χ0n) is 22.4. The molecule has 0 aromatic heterocycles. The zero-order chi connectivity index (χ0) is 28.0. The molecule has 3 aromatic rings. The van der Waals surface area contributed by atoms with Crippen LogP contribution in [-0.2, 0) is 21.0 Å². The van der Waals surface area contributed by atoms with Gasteiger partial charge < -0.3 is 16.0 Å². The van der Waals surface area contributed by atoms with Gasteiger partial charge >= 0.3 is 0 Å². The third-order valence-electron chi connectivity index (χ3n) is 5.68. The molecule has 202 valence electrons. The number of hydrogen-bond acceptors (Lipinski definition) is 5. The summed E-state index contributed by atoms with van der Waals surface area (Å²) in [5, 5.41) is 8.75. The Balaban J connectivity index is 1.50. The molecule has 0 aliphatic rings. The lowest BCUT2D eigenvalue weighted by molar-refractivity contribution is -0.136. The van der Waals surface area contributed by atoms with Gasteiger partial charge in [0.25, 0.3) is 11.8 Å². The van der Waals surface area contributed by atoms with E-state index >= 15 is 0 Å². The number of anilines is 1. The molecule has 0 saturated carbocycles. The minimum absolute atomic E-state index is 0.115. The highest BCUT2D eigenvalue weighted by atomic mass is 16.6. The van der Waals surface area contributed by atoms with Crippen LogP contribution in [0, 0.1) is 17.8 Å². The number of nitrogens with one attached hydrogen (secondary N) is 4. The van der Waals surface area contributed by atoms with Gasteiger partial charge in [-0.05, 0) is 66.9 Å². The fourth-order valence-corrected chi connectivity index (χ4v) is 3.57. The average Bonchev–Trinajstić information content (AvgIpc) is 2.94. The van der Waals surface area contributed by atoms with Gasteiger partial charge in [0.05, 0.1) is 13.2 Å². The van der Waals surface area contributed by atoms with Crippen molar-refractivity contribution in [2.75, 3.05) is 18.5 Å². The summed E-state index contributed by atoms with van der Waals surface area (Å²) in [7, 11) is 0. The molecule has 39 heavy (non-hydrogen) atoms. The quantitative estimate of drug-likeness (QED) is 0.225. The Bertz CT molecular complexity index is 1290. The van der Waals surface area contributed by atoms with E-state index in [0.29, 0.717) is 24.4 Å². The van der Waals surface area contributed by atoms with Crippen molar-refractivity contribution in [1.82, 2.24) is 16.1 Å². The Morgan fingerprint density at radius 3 is 2.05 bits per heavy atom. The van der Waals surface area contributed by atoms with E-state index in [1.165, 1.54) is 0 Å². The van der Waals surface area contributed by atoms with Crippen LogP contribution in [-0.4, -0.2) is 36.9 Å². The largest absolute Gasteiger partial charge is 0.340 e. The monoisotopic (exact) mass is 526 g/mol. The van der Waals surface area contributed by atoms with E-state index in [1.54, 1.807) is 43.3 Å². The number of rotatable bonds is 11. The summed E-state index contributed by atoms with van der Waals surface area (Å²) in [6.07, 6.45) is 0. The molecule has 3 aromatic carbocycles. The third-order valence-corrected chi connectivity index (χ3v) is 5.68. The molecule has 0 saturated heterocycles. The van der Waals surface area contributed by atoms with E-state index in [9.17, 15) is 14.4 Å². The van der Waals surface area contributed by atoms with Crippen LogP contribution >= 0.6 is 0 Å². The van der Waals surface area contributed by atoms with Gasteiger partial charge in [-0.25, -0.2) is 5.48 Å². The molecular formula is C31H34N4O4. The number of carbonyl (C=O) groups excluding carboxylic acids is 3. The van der Waals surface area contributed by atoms with Crippen molar-refractivity contribution in [2.24, 2.45) is 5.92 Å². The van der Waals surface area contributed by atoms with Gasteiger partial charge in [-0.2, -0.15) is 0 Å². The Hall–Kier alpha value is -4.45. The molecule has 0 spiro atoms. The minimum atomic E-state index is -0.721. The smallest absolute Gasteiger partial charge is 0.266 e. The first-order chi connectivity index (χ1) is 18.9. The lowest BCUT2D eigenvalue weighted by Crippen LogP contribution is -2.49.